The standard InChI is InChI=1S/C23H23ClN2O/c1-23(2,3)22(27)21-19(24)14-18(15-25-21)26-20(16-10-6-4-7-11-16)17-12-8-5-9-13-17/h4-15,22,27H,1-3H3. The number of pyridine rings is 1. The minimum atomic E-state index is -0.745. The average Bonchev–Trinajstić information content (AvgIpc) is 2.66. The van der Waals surface area contributed by atoms with Gasteiger partial charge in [-0.2, -0.15) is 0 Å². The predicted octanol–water partition coefficient (Wildman–Crippen LogP) is 5.98. The van der Waals surface area contributed by atoms with Crippen molar-refractivity contribution in [2.75, 3.05) is 0 Å². The number of aliphatic hydroxyl groups excluding tert-OH is 1. The summed E-state index contributed by atoms with van der Waals surface area (Å²) < 4.78 is 0. The van der Waals surface area contributed by atoms with E-state index in [-0.39, 0.29) is 5.41 Å². The number of aromatic nitrogens is 1. The molecule has 3 rings (SSSR count). The van der Waals surface area contributed by atoms with E-state index in [4.69, 9.17) is 16.6 Å². The van der Waals surface area contributed by atoms with Crippen molar-refractivity contribution >= 4 is 23.0 Å². The molecule has 0 fully saturated rings. The number of nitrogens with zero attached hydrogens (tertiary/aromatic N) is 2. The van der Waals surface area contributed by atoms with E-state index in [9.17, 15) is 5.11 Å². The van der Waals surface area contributed by atoms with Crippen LogP contribution in [-0.4, -0.2) is 15.8 Å². The molecule has 0 saturated carbocycles. The molecule has 1 aromatic heterocycles. The molecule has 0 amide bonds. The molecule has 138 valence electrons. The van der Waals surface area contributed by atoms with Gasteiger partial charge in [-0.1, -0.05) is 93.0 Å². The van der Waals surface area contributed by atoms with E-state index in [0.29, 0.717) is 16.4 Å². The topological polar surface area (TPSA) is 45.5 Å². The Morgan fingerprint density at radius 1 is 0.963 bits per heavy atom. The number of halogens is 1. The maximum atomic E-state index is 10.5. The molecule has 0 aliphatic heterocycles. The molecule has 2 aromatic carbocycles. The van der Waals surface area contributed by atoms with Crippen molar-refractivity contribution in [1.82, 2.24) is 4.98 Å². The fourth-order valence-corrected chi connectivity index (χ4v) is 2.99. The quantitative estimate of drug-likeness (QED) is 0.567. The van der Waals surface area contributed by atoms with Gasteiger partial charge in [0.1, 0.15) is 6.10 Å². The SMILES string of the molecule is CC(C)(C)C(O)c1ncc(N=C(c2ccccc2)c2ccccc2)cc1Cl. The highest BCUT2D eigenvalue weighted by Gasteiger charge is 2.27. The summed E-state index contributed by atoms with van der Waals surface area (Å²) in [5, 5.41) is 10.9. The summed E-state index contributed by atoms with van der Waals surface area (Å²) in [6.07, 6.45) is 0.910. The second-order valence-corrected chi connectivity index (χ2v) is 7.93. The largest absolute Gasteiger partial charge is 0.386 e. The van der Waals surface area contributed by atoms with E-state index < -0.39 is 6.10 Å². The number of benzene rings is 2. The molecule has 1 unspecified atom stereocenters. The first-order valence-electron chi connectivity index (χ1n) is 8.89. The van der Waals surface area contributed by atoms with Gasteiger partial charge in [0.2, 0.25) is 0 Å². The molecular formula is C23H23ClN2O. The summed E-state index contributed by atoms with van der Waals surface area (Å²) in [6.45, 7) is 5.85. The van der Waals surface area contributed by atoms with Gasteiger partial charge in [-0.05, 0) is 11.5 Å². The summed E-state index contributed by atoms with van der Waals surface area (Å²) in [5.41, 5.74) is 3.65. The first-order chi connectivity index (χ1) is 12.9. The van der Waals surface area contributed by atoms with Gasteiger partial charge in [-0.15, -0.1) is 0 Å². The minimum Gasteiger partial charge on any atom is -0.386 e. The Balaban J connectivity index is 2.05. The van der Waals surface area contributed by atoms with Crippen LogP contribution in [0.1, 0.15) is 43.7 Å². The Hall–Kier alpha value is -2.49. The summed E-state index contributed by atoms with van der Waals surface area (Å²) >= 11 is 6.41. The third-order valence-electron chi connectivity index (χ3n) is 4.27. The minimum absolute atomic E-state index is 0.347. The van der Waals surface area contributed by atoms with Crippen LogP contribution in [0.15, 0.2) is 77.9 Å². The smallest absolute Gasteiger partial charge is 0.102 e. The first-order valence-corrected chi connectivity index (χ1v) is 9.27. The van der Waals surface area contributed by atoms with Crippen LogP contribution in [0.4, 0.5) is 5.69 Å². The highest BCUT2D eigenvalue weighted by atomic mass is 35.5. The highest BCUT2D eigenvalue weighted by molar-refractivity contribution is 6.31. The Labute approximate surface area is 165 Å². The molecule has 0 radical (unpaired) electrons. The highest BCUT2D eigenvalue weighted by Crippen LogP contribution is 2.36. The van der Waals surface area contributed by atoms with Crippen molar-refractivity contribution in [2.24, 2.45) is 10.4 Å². The van der Waals surface area contributed by atoms with Gasteiger partial charge in [-0.25, -0.2) is 4.99 Å². The lowest BCUT2D eigenvalue weighted by molar-refractivity contribution is 0.0590. The Morgan fingerprint density at radius 2 is 1.48 bits per heavy atom. The molecule has 4 heteroatoms. The fourth-order valence-electron chi connectivity index (χ4n) is 2.73. The number of aliphatic hydroxyl groups is 1. The van der Waals surface area contributed by atoms with E-state index in [1.165, 1.54) is 0 Å². The van der Waals surface area contributed by atoms with Crippen molar-refractivity contribution in [1.29, 1.82) is 0 Å². The molecule has 1 atom stereocenters. The lowest BCUT2D eigenvalue weighted by Crippen LogP contribution is -2.19. The lowest BCUT2D eigenvalue weighted by Gasteiger charge is -2.25. The first kappa shape index (κ1) is 19.3. The van der Waals surface area contributed by atoms with E-state index in [0.717, 1.165) is 16.8 Å². The van der Waals surface area contributed by atoms with E-state index in [1.54, 1.807) is 12.3 Å². The summed E-state index contributed by atoms with van der Waals surface area (Å²) in [6, 6.07) is 21.8. The van der Waals surface area contributed by atoms with Crippen LogP contribution in [0.5, 0.6) is 0 Å². The molecule has 3 aromatic rings. The molecule has 0 saturated heterocycles. The third kappa shape index (κ3) is 4.62. The van der Waals surface area contributed by atoms with Crippen LogP contribution in [-0.2, 0) is 0 Å². The molecular weight excluding hydrogens is 356 g/mol. The number of hydrogen-bond donors (Lipinski definition) is 1. The normalized spacial score (nSPS) is 12.5. The van der Waals surface area contributed by atoms with Crippen molar-refractivity contribution in [3.05, 3.63) is 94.8 Å². The Kier molecular flexibility index (Phi) is 5.73. The molecule has 0 aliphatic rings. The number of aliphatic imine (C=N–C) groups is 1. The van der Waals surface area contributed by atoms with Crippen LogP contribution < -0.4 is 0 Å². The molecule has 1 N–H and O–H groups in total. The zero-order chi connectivity index (χ0) is 19.4. The molecule has 0 spiro atoms. The second kappa shape index (κ2) is 8.03. The van der Waals surface area contributed by atoms with Crippen LogP contribution in [0.3, 0.4) is 0 Å². The predicted molar refractivity (Wildman–Crippen MR) is 112 cm³/mol. The maximum Gasteiger partial charge on any atom is 0.102 e. The van der Waals surface area contributed by atoms with Crippen molar-refractivity contribution in [3.8, 4) is 0 Å². The Morgan fingerprint density at radius 3 is 1.93 bits per heavy atom. The van der Waals surface area contributed by atoms with Gasteiger partial charge in [-0.3, -0.25) is 4.98 Å². The van der Waals surface area contributed by atoms with Crippen LogP contribution in [0, 0.1) is 5.41 Å². The van der Waals surface area contributed by atoms with Crippen LogP contribution >= 0.6 is 11.6 Å². The molecule has 3 nitrogen and oxygen atoms in total. The van der Waals surface area contributed by atoms with Crippen LogP contribution in [0.25, 0.3) is 0 Å². The number of rotatable bonds is 4. The van der Waals surface area contributed by atoms with Crippen molar-refractivity contribution in [3.63, 3.8) is 0 Å². The molecule has 1 heterocycles. The monoisotopic (exact) mass is 378 g/mol. The van der Waals surface area contributed by atoms with Crippen molar-refractivity contribution in [2.45, 2.75) is 26.9 Å². The van der Waals surface area contributed by atoms with E-state index in [1.807, 2.05) is 81.4 Å². The average molecular weight is 379 g/mol. The van der Waals surface area contributed by atoms with E-state index in [2.05, 4.69) is 4.98 Å². The summed E-state index contributed by atoms with van der Waals surface area (Å²) in [4.78, 5) is 9.21. The number of hydrogen-bond acceptors (Lipinski definition) is 3. The molecule has 0 bridgehead atoms. The van der Waals surface area contributed by atoms with Crippen LogP contribution in [0.2, 0.25) is 5.02 Å². The van der Waals surface area contributed by atoms with Gasteiger partial charge in [0.25, 0.3) is 0 Å². The molecule has 0 aliphatic carbocycles. The van der Waals surface area contributed by atoms with Crippen molar-refractivity contribution < 1.29 is 5.11 Å². The van der Waals surface area contributed by atoms with Gasteiger partial charge in [0.05, 0.1) is 28.3 Å². The van der Waals surface area contributed by atoms with Gasteiger partial charge < -0.3 is 5.11 Å². The lowest BCUT2D eigenvalue weighted by atomic mass is 9.87. The zero-order valence-corrected chi connectivity index (χ0v) is 16.5. The fraction of sp³-hybridized carbons (Fsp3) is 0.217. The Bertz CT molecular complexity index is 890. The van der Waals surface area contributed by atoms with Gasteiger partial charge in [0, 0.05) is 11.1 Å². The second-order valence-electron chi connectivity index (χ2n) is 7.52. The summed E-state index contributed by atoms with van der Waals surface area (Å²) in [5.74, 6) is 0. The maximum absolute atomic E-state index is 10.5. The summed E-state index contributed by atoms with van der Waals surface area (Å²) in [7, 11) is 0. The van der Waals surface area contributed by atoms with E-state index >= 15 is 0 Å². The third-order valence-corrected chi connectivity index (χ3v) is 4.57. The molecule has 27 heavy (non-hydrogen) atoms. The van der Waals surface area contributed by atoms with Gasteiger partial charge >= 0.3 is 0 Å². The zero-order valence-electron chi connectivity index (χ0n) is 15.7. The van der Waals surface area contributed by atoms with Gasteiger partial charge in [0.15, 0.2) is 0 Å².